The second-order valence-corrected chi connectivity index (χ2v) is 8.72. The number of hydrogen-bond donors (Lipinski definition) is 1. The second kappa shape index (κ2) is 9.71. The fourth-order valence-electron chi connectivity index (χ4n) is 3.74. The third-order valence-corrected chi connectivity index (χ3v) is 5.70. The Hall–Kier alpha value is -3.61. The van der Waals surface area contributed by atoms with Gasteiger partial charge in [0.15, 0.2) is 0 Å². The Kier molecular flexibility index (Phi) is 6.72. The van der Waals surface area contributed by atoms with Gasteiger partial charge in [-0.05, 0) is 55.8 Å². The summed E-state index contributed by atoms with van der Waals surface area (Å²) in [4.78, 5) is 39.0. The molecule has 0 saturated carbocycles. The predicted octanol–water partition coefficient (Wildman–Crippen LogP) is 5.86. The third kappa shape index (κ3) is 4.98. The number of ether oxygens (including phenoxy) is 1. The van der Waals surface area contributed by atoms with Crippen LogP contribution in [-0.4, -0.2) is 17.8 Å². The summed E-state index contributed by atoms with van der Waals surface area (Å²) in [6.07, 6.45) is 1.36. The molecule has 0 aromatic heterocycles. The van der Waals surface area contributed by atoms with Crippen LogP contribution in [0.3, 0.4) is 0 Å². The number of nitrogens with zero attached hydrogens (tertiary/aromatic N) is 1. The van der Waals surface area contributed by atoms with Gasteiger partial charge in [-0.2, -0.15) is 0 Å². The highest BCUT2D eigenvalue weighted by atomic mass is 35.5. The molecule has 0 atom stereocenters. The number of anilines is 1. The van der Waals surface area contributed by atoms with Crippen LogP contribution in [0.15, 0.2) is 66.2 Å². The fraction of sp³-hybridized carbons (Fsp3) is 0.115. The zero-order valence-electron chi connectivity index (χ0n) is 18.4. The van der Waals surface area contributed by atoms with E-state index in [1.165, 1.54) is 12.1 Å². The summed E-state index contributed by atoms with van der Waals surface area (Å²) in [7, 11) is 0. The van der Waals surface area contributed by atoms with Crippen molar-refractivity contribution in [2.75, 3.05) is 4.90 Å². The van der Waals surface area contributed by atoms with Crippen molar-refractivity contribution in [1.29, 1.82) is 0 Å². The number of para-hydroxylation sites is 1. The number of amides is 4. The van der Waals surface area contributed by atoms with E-state index in [-0.39, 0.29) is 22.9 Å². The molecule has 0 spiro atoms. The SMILES string of the molecule is Cc1cc(C)cc(COc2ccc(Cl)cc2/C=C2\C(=O)NC(=O)N(c3ccccc3Cl)C2=O)c1. The largest absolute Gasteiger partial charge is 0.488 e. The number of carbonyl (C=O) groups is 3. The summed E-state index contributed by atoms with van der Waals surface area (Å²) in [5, 5.41) is 2.78. The highest BCUT2D eigenvalue weighted by Gasteiger charge is 2.37. The minimum absolute atomic E-state index is 0.169. The number of urea groups is 1. The molecule has 1 fully saturated rings. The Balaban J connectivity index is 1.69. The van der Waals surface area contributed by atoms with Crippen LogP contribution >= 0.6 is 23.2 Å². The molecule has 3 aromatic carbocycles. The van der Waals surface area contributed by atoms with E-state index in [1.54, 1.807) is 36.4 Å². The molecular weight excluding hydrogens is 475 g/mol. The molecule has 0 radical (unpaired) electrons. The molecule has 1 saturated heterocycles. The van der Waals surface area contributed by atoms with Gasteiger partial charge in [-0.15, -0.1) is 0 Å². The molecule has 0 unspecified atom stereocenters. The molecule has 1 aliphatic rings. The van der Waals surface area contributed by atoms with E-state index >= 15 is 0 Å². The molecule has 6 nitrogen and oxygen atoms in total. The first kappa shape index (κ1) is 23.5. The van der Waals surface area contributed by atoms with Gasteiger partial charge >= 0.3 is 6.03 Å². The molecule has 4 rings (SSSR count). The van der Waals surface area contributed by atoms with Crippen LogP contribution in [0.2, 0.25) is 10.0 Å². The molecule has 4 amide bonds. The summed E-state index contributed by atoms with van der Waals surface area (Å²) in [5.41, 5.74) is 3.55. The number of barbiturate groups is 1. The van der Waals surface area contributed by atoms with E-state index in [2.05, 4.69) is 11.4 Å². The number of nitrogens with one attached hydrogen (secondary N) is 1. The summed E-state index contributed by atoms with van der Waals surface area (Å²) >= 11 is 12.4. The molecule has 1 heterocycles. The van der Waals surface area contributed by atoms with Gasteiger partial charge in [0.05, 0.1) is 10.7 Å². The van der Waals surface area contributed by atoms with Crippen LogP contribution in [0.25, 0.3) is 6.08 Å². The zero-order valence-corrected chi connectivity index (χ0v) is 19.9. The van der Waals surface area contributed by atoms with Crippen molar-refractivity contribution in [2.45, 2.75) is 20.5 Å². The molecule has 3 aromatic rings. The van der Waals surface area contributed by atoms with Gasteiger partial charge in [0.1, 0.15) is 17.9 Å². The smallest absolute Gasteiger partial charge is 0.335 e. The van der Waals surface area contributed by atoms with Gasteiger partial charge in [-0.25, -0.2) is 9.69 Å². The number of benzene rings is 3. The summed E-state index contributed by atoms with van der Waals surface area (Å²) < 4.78 is 6.00. The second-order valence-electron chi connectivity index (χ2n) is 7.88. The van der Waals surface area contributed by atoms with Crippen molar-refractivity contribution < 1.29 is 19.1 Å². The van der Waals surface area contributed by atoms with E-state index in [4.69, 9.17) is 27.9 Å². The van der Waals surface area contributed by atoms with Crippen LogP contribution in [0.5, 0.6) is 5.75 Å². The van der Waals surface area contributed by atoms with Crippen molar-refractivity contribution in [3.05, 3.63) is 98.5 Å². The van der Waals surface area contributed by atoms with Crippen LogP contribution in [0.1, 0.15) is 22.3 Å². The minimum atomic E-state index is -0.877. The van der Waals surface area contributed by atoms with Gasteiger partial charge < -0.3 is 4.74 Å². The highest BCUT2D eigenvalue weighted by Crippen LogP contribution is 2.31. The average Bonchev–Trinajstić information content (AvgIpc) is 2.76. The average molecular weight is 495 g/mol. The van der Waals surface area contributed by atoms with Gasteiger partial charge in [0.2, 0.25) is 0 Å². The maximum absolute atomic E-state index is 13.2. The number of carbonyl (C=O) groups excluding carboxylic acids is 3. The zero-order chi connectivity index (χ0) is 24.4. The number of aryl methyl sites for hydroxylation is 2. The number of halogens is 2. The predicted molar refractivity (Wildman–Crippen MR) is 132 cm³/mol. The quantitative estimate of drug-likeness (QED) is 0.356. The molecule has 8 heteroatoms. The highest BCUT2D eigenvalue weighted by molar-refractivity contribution is 6.42. The van der Waals surface area contributed by atoms with Crippen molar-refractivity contribution >= 4 is 52.8 Å². The lowest BCUT2D eigenvalue weighted by Crippen LogP contribution is -2.54. The summed E-state index contributed by atoms with van der Waals surface area (Å²) in [6, 6.07) is 16.5. The first-order chi connectivity index (χ1) is 16.2. The van der Waals surface area contributed by atoms with E-state index in [0.717, 1.165) is 21.6 Å². The molecular formula is C26H20Cl2N2O4. The first-order valence-corrected chi connectivity index (χ1v) is 11.1. The molecule has 172 valence electrons. The topological polar surface area (TPSA) is 75.7 Å². The summed E-state index contributed by atoms with van der Waals surface area (Å²) in [5.74, 6) is -1.20. The van der Waals surface area contributed by atoms with Crippen molar-refractivity contribution in [2.24, 2.45) is 0 Å². The molecule has 1 aliphatic heterocycles. The molecule has 0 aliphatic carbocycles. The normalized spacial score (nSPS) is 15.0. The van der Waals surface area contributed by atoms with E-state index in [1.807, 2.05) is 26.0 Å². The summed E-state index contributed by atoms with van der Waals surface area (Å²) in [6.45, 7) is 4.30. The van der Waals surface area contributed by atoms with Crippen LogP contribution in [-0.2, 0) is 16.2 Å². The Morgan fingerprint density at radius 3 is 2.35 bits per heavy atom. The first-order valence-electron chi connectivity index (χ1n) is 10.4. The van der Waals surface area contributed by atoms with E-state index in [9.17, 15) is 14.4 Å². The van der Waals surface area contributed by atoms with E-state index in [0.29, 0.717) is 16.3 Å². The Morgan fingerprint density at radius 2 is 1.65 bits per heavy atom. The lowest BCUT2D eigenvalue weighted by Gasteiger charge is -2.27. The van der Waals surface area contributed by atoms with Crippen LogP contribution in [0.4, 0.5) is 10.5 Å². The van der Waals surface area contributed by atoms with Crippen molar-refractivity contribution in [3.8, 4) is 5.75 Å². The molecule has 34 heavy (non-hydrogen) atoms. The van der Waals surface area contributed by atoms with E-state index < -0.39 is 17.8 Å². The maximum Gasteiger partial charge on any atom is 0.335 e. The van der Waals surface area contributed by atoms with Gasteiger partial charge in [0, 0.05) is 10.6 Å². The molecule has 1 N–H and O–H groups in total. The standard InChI is InChI=1S/C26H20Cl2N2O4/c1-15-9-16(2)11-17(10-15)14-34-23-8-7-19(27)12-18(23)13-20-24(31)29-26(33)30(25(20)32)22-6-4-3-5-21(22)28/h3-13H,14H2,1-2H3,(H,29,31,33)/b20-13+. The lowest BCUT2D eigenvalue weighted by atomic mass is 10.1. The third-order valence-electron chi connectivity index (χ3n) is 5.14. The van der Waals surface area contributed by atoms with Crippen LogP contribution in [0, 0.1) is 13.8 Å². The monoisotopic (exact) mass is 494 g/mol. The Bertz CT molecular complexity index is 1330. The lowest BCUT2D eigenvalue weighted by molar-refractivity contribution is -0.122. The van der Waals surface area contributed by atoms with Gasteiger partial charge in [-0.1, -0.05) is 64.7 Å². The van der Waals surface area contributed by atoms with Gasteiger partial charge in [0.25, 0.3) is 11.8 Å². The minimum Gasteiger partial charge on any atom is -0.488 e. The molecule has 0 bridgehead atoms. The number of hydrogen-bond acceptors (Lipinski definition) is 4. The van der Waals surface area contributed by atoms with Crippen LogP contribution < -0.4 is 15.0 Å². The Labute approximate surface area is 206 Å². The fourth-order valence-corrected chi connectivity index (χ4v) is 4.14. The van der Waals surface area contributed by atoms with Crippen molar-refractivity contribution in [1.82, 2.24) is 5.32 Å². The Morgan fingerprint density at radius 1 is 0.941 bits per heavy atom. The number of rotatable bonds is 5. The number of imide groups is 2. The van der Waals surface area contributed by atoms with Crippen molar-refractivity contribution in [3.63, 3.8) is 0 Å². The van der Waals surface area contributed by atoms with Gasteiger partial charge in [-0.3, -0.25) is 14.9 Å². The maximum atomic E-state index is 13.2.